The number of aliphatic carboxylic acids is 2. The lowest BCUT2D eigenvalue weighted by atomic mass is 10.1. The molecule has 0 aromatic heterocycles. The van der Waals surface area contributed by atoms with Crippen molar-refractivity contribution in [3.63, 3.8) is 0 Å². The Morgan fingerprint density at radius 1 is 0.621 bits per heavy atom. The molecule has 0 aromatic carbocycles. The summed E-state index contributed by atoms with van der Waals surface area (Å²) in [6.07, 6.45) is 12.7. The van der Waals surface area contributed by atoms with Crippen LogP contribution < -0.4 is 0 Å². The molecule has 0 spiro atoms. The number of carbonyl (C=O) groups is 2. The Morgan fingerprint density at radius 3 is 1.24 bits per heavy atom. The first-order valence-electron chi connectivity index (χ1n) is 10.7. The molecule has 0 atom stereocenters. The number of carboxylic acid groups (broad SMARTS) is 2. The van der Waals surface area contributed by atoms with Gasteiger partial charge >= 0.3 is 22.3 Å². The van der Waals surface area contributed by atoms with Crippen LogP contribution >= 0.6 is 0 Å². The monoisotopic (exact) mass is 440 g/mol. The van der Waals surface area contributed by atoms with Gasteiger partial charge in [0.05, 0.1) is 26.1 Å². The van der Waals surface area contributed by atoms with Crippen molar-refractivity contribution in [3.05, 3.63) is 0 Å². The van der Waals surface area contributed by atoms with Gasteiger partial charge in [0.2, 0.25) is 0 Å². The molecule has 0 aliphatic carbocycles. The zero-order chi connectivity index (χ0) is 22.4. The Labute approximate surface area is 176 Å². The van der Waals surface area contributed by atoms with Gasteiger partial charge in [-0.25, -0.2) is 8.37 Å². The van der Waals surface area contributed by atoms with Crippen LogP contribution in [0.15, 0.2) is 0 Å². The van der Waals surface area contributed by atoms with Crippen LogP contribution in [0.5, 0.6) is 0 Å². The molecule has 174 valence electrons. The predicted molar refractivity (Wildman–Crippen MR) is 112 cm³/mol. The summed E-state index contributed by atoms with van der Waals surface area (Å²) in [6.45, 7) is 4.84. The first-order valence-corrected chi connectivity index (χ1v) is 12.1. The molecule has 0 amide bonds. The molecule has 0 aliphatic heterocycles. The Morgan fingerprint density at radius 2 is 0.931 bits per heavy atom. The fourth-order valence-electron chi connectivity index (χ4n) is 2.33. The molecule has 8 nitrogen and oxygen atoms in total. The molecule has 0 saturated carbocycles. The first kappa shape index (κ1) is 30.0. The van der Waals surface area contributed by atoms with Crippen molar-refractivity contribution in [2.45, 2.75) is 104 Å². The number of rotatable bonds is 19. The molecule has 2 N–H and O–H groups in total. The van der Waals surface area contributed by atoms with Crippen molar-refractivity contribution in [2.24, 2.45) is 0 Å². The highest BCUT2D eigenvalue weighted by molar-refractivity contribution is 7.81. The van der Waals surface area contributed by atoms with E-state index in [2.05, 4.69) is 13.8 Å². The smallest absolute Gasteiger partial charge is 0.399 e. The standard InChI is InChI=1S/C16H34O4S.C4H6O4/c1-3-5-7-9-11-13-15-19-21(17,18)20-16-14-12-10-8-6-4-2;5-3(6)1-2-4(7)8/h3-16H2,1-2H3;1-2H2,(H,5,6)(H,7,8). The van der Waals surface area contributed by atoms with E-state index in [4.69, 9.17) is 18.6 Å². The minimum absolute atomic E-state index is 0.241. The van der Waals surface area contributed by atoms with Crippen molar-refractivity contribution in [2.75, 3.05) is 13.2 Å². The number of carboxylic acids is 2. The minimum Gasteiger partial charge on any atom is -0.481 e. The van der Waals surface area contributed by atoms with E-state index in [0.29, 0.717) is 0 Å². The third kappa shape index (κ3) is 29.1. The van der Waals surface area contributed by atoms with Gasteiger partial charge in [-0.1, -0.05) is 78.1 Å². The van der Waals surface area contributed by atoms with Gasteiger partial charge < -0.3 is 10.2 Å². The second-order valence-electron chi connectivity index (χ2n) is 6.88. The predicted octanol–water partition coefficient (Wildman–Crippen LogP) is 4.92. The molecule has 0 fully saturated rings. The van der Waals surface area contributed by atoms with Gasteiger partial charge in [-0.05, 0) is 12.8 Å². The molecule has 0 unspecified atom stereocenters. The SMILES string of the molecule is CCCCCCCCOS(=O)(=O)OCCCCCCCC.O=C(O)CCC(=O)O. The maximum absolute atomic E-state index is 11.5. The quantitative estimate of drug-likeness (QED) is 0.271. The van der Waals surface area contributed by atoms with Crippen LogP contribution in [0.3, 0.4) is 0 Å². The summed E-state index contributed by atoms with van der Waals surface area (Å²) < 4.78 is 32.6. The van der Waals surface area contributed by atoms with Crippen LogP contribution in [0.2, 0.25) is 0 Å². The third-order valence-electron chi connectivity index (χ3n) is 4.00. The van der Waals surface area contributed by atoms with Crippen LogP contribution in [0, 0.1) is 0 Å². The molecule has 0 radical (unpaired) electrons. The normalized spacial score (nSPS) is 11.0. The molecule has 0 heterocycles. The van der Waals surface area contributed by atoms with Crippen molar-refractivity contribution in [1.29, 1.82) is 0 Å². The van der Waals surface area contributed by atoms with E-state index in [0.717, 1.165) is 38.5 Å². The van der Waals surface area contributed by atoms with Crippen molar-refractivity contribution < 1.29 is 36.6 Å². The van der Waals surface area contributed by atoms with Crippen LogP contribution in [-0.4, -0.2) is 43.8 Å². The summed E-state index contributed by atoms with van der Waals surface area (Å²) >= 11 is 0. The van der Waals surface area contributed by atoms with E-state index in [9.17, 15) is 18.0 Å². The van der Waals surface area contributed by atoms with Crippen molar-refractivity contribution in [1.82, 2.24) is 0 Å². The summed E-state index contributed by atoms with van der Waals surface area (Å²) in [4.78, 5) is 19.3. The van der Waals surface area contributed by atoms with Gasteiger partial charge in [0.15, 0.2) is 0 Å². The molecular weight excluding hydrogens is 400 g/mol. The minimum atomic E-state index is -3.78. The summed E-state index contributed by atoms with van der Waals surface area (Å²) in [6, 6.07) is 0. The molecule has 0 rings (SSSR count). The second kappa shape index (κ2) is 21.5. The van der Waals surface area contributed by atoms with E-state index in [-0.39, 0.29) is 26.1 Å². The van der Waals surface area contributed by atoms with E-state index < -0.39 is 22.3 Å². The Hall–Kier alpha value is -1.19. The molecule has 0 aromatic rings. The Balaban J connectivity index is 0. The Bertz CT molecular complexity index is 453. The average Bonchev–Trinajstić information content (AvgIpc) is 2.65. The molecule has 0 bridgehead atoms. The molecule has 0 saturated heterocycles. The molecule has 0 aliphatic rings. The van der Waals surface area contributed by atoms with E-state index in [1.54, 1.807) is 0 Å². The Kier molecular flexibility index (Phi) is 22.3. The highest BCUT2D eigenvalue weighted by atomic mass is 32.3. The summed E-state index contributed by atoms with van der Waals surface area (Å²) in [5.74, 6) is -2.15. The average molecular weight is 441 g/mol. The zero-order valence-electron chi connectivity index (χ0n) is 18.1. The van der Waals surface area contributed by atoms with Gasteiger partial charge in [-0.3, -0.25) is 9.59 Å². The zero-order valence-corrected chi connectivity index (χ0v) is 18.9. The molecule has 9 heteroatoms. The van der Waals surface area contributed by atoms with Gasteiger partial charge in [0.25, 0.3) is 0 Å². The van der Waals surface area contributed by atoms with Crippen LogP contribution in [0.1, 0.15) is 104 Å². The maximum atomic E-state index is 11.5. The lowest BCUT2D eigenvalue weighted by molar-refractivity contribution is -0.143. The largest absolute Gasteiger partial charge is 0.481 e. The second-order valence-corrected chi connectivity index (χ2v) is 8.16. The van der Waals surface area contributed by atoms with Gasteiger partial charge in [-0.15, -0.1) is 0 Å². The summed E-state index contributed by atoms with van der Waals surface area (Å²) in [5, 5.41) is 15.8. The van der Waals surface area contributed by atoms with Crippen LogP contribution in [0.25, 0.3) is 0 Å². The lowest BCUT2D eigenvalue weighted by Crippen LogP contribution is -2.12. The van der Waals surface area contributed by atoms with E-state index in [1.165, 1.54) is 38.5 Å². The highest BCUT2D eigenvalue weighted by Gasteiger charge is 2.10. The van der Waals surface area contributed by atoms with Crippen LogP contribution in [0.4, 0.5) is 0 Å². The fraction of sp³-hybridized carbons (Fsp3) is 0.900. The van der Waals surface area contributed by atoms with E-state index >= 15 is 0 Å². The van der Waals surface area contributed by atoms with Crippen molar-refractivity contribution >= 4 is 22.3 Å². The molecular formula is C20H40O8S. The van der Waals surface area contributed by atoms with Gasteiger partial charge in [-0.2, -0.15) is 8.42 Å². The maximum Gasteiger partial charge on any atom is 0.399 e. The first-order chi connectivity index (χ1) is 13.7. The highest BCUT2D eigenvalue weighted by Crippen LogP contribution is 2.08. The molecule has 29 heavy (non-hydrogen) atoms. The summed E-state index contributed by atoms with van der Waals surface area (Å²) in [5.41, 5.74) is 0. The van der Waals surface area contributed by atoms with Crippen LogP contribution in [-0.2, 0) is 28.4 Å². The number of unbranched alkanes of at least 4 members (excludes halogenated alkanes) is 10. The van der Waals surface area contributed by atoms with E-state index in [1.807, 2.05) is 0 Å². The summed E-state index contributed by atoms with van der Waals surface area (Å²) in [7, 11) is -3.78. The van der Waals surface area contributed by atoms with Crippen molar-refractivity contribution in [3.8, 4) is 0 Å². The van der Waals surface area contributed by atoms with Gasteiger partial charge in [0, 0.05) is 0 Å². The topological polar surface area (TPSA) is 127 Å². The van der Waals surface area contributed by atoms with Gasteiger partial charge in [0.1, 0.15) is 0 Å². The number of hydrogen-bond acceptors (Lipinski definition) is 6. The fourth-order valence-corrected chi connectivity index (χ4v) is 3.05. The third-order valence-corrected chi connectivity index (χ3v) is 4.91. The number of hydrogen-bond donors (Lipinski definition) is 2. The lowest BCUT2D eigenvalue weighted by Gasteiger charge is -2.06.